The Labute approximate surface area is 261 Å². The zero-order valence-electron chi connectivity index (χ0n) is 25.2. The SMILES string of the molecule is Cc1cc(F)ccc1-c1cc(C(=O)Nc2cccc(-c3cc4cnc(NC(C)C)nc4cc3OCc3ccccc3)c2)ccn1. The molecule has 0 radical (unpaired) electrons. The molecule has 0 unspecified atom stereocenters. The van der Waals surface area contributed by atoms with Crippen molar-refractivity contribution >= 4 is 28.4 Å². The number of hydrogen-bond acceptors (Lipinski definition) is 6. The van der Waals surface area contributed by atoms with Crippen LogP contribution in [0.25, 0.3) is 33.3 Å². The first-order valence-electron chi connectivity index (χ1n) is 14.7. The first kappa shape index (κ1) is 29.4. The molecule has 8 heteroatoms. The topological polar surface area (TPSA) is 89.0 Å². The fourth-order valence-electron chi connectivity index (χ4n) is 5.07. The Hall–Kier alpha value is -5.63. The summed E-state index contributed by atoms with van der Waals surface area (Å²) in [7, 11) is 0. The molecule has 6 aromatic rings. The van der Waals surface area contributed by atoms with E-state index >= 15 is 0 Å². The van der Waals surface area contributed by atoms with Crippen molar-refractivity contribution < 1.29 is 13.9 Å². The van der Waals surface area contributed by atoms with Crippen LogP contribution in [0.4, 0.5) is 16.0 Å². The minimum atomic E-state index is -0.314. The summed E-state index contributed by atoms with van der Waals surface area (Å²) < 4.78 is 20.0. The second kappa shape index (κ2) is 12.9. The molecule has 0 saturated heterocycles. The minimum Gasteiger partial charge on any atom is -0.488 e. The van der Waals surface area contributed by atoms with Gasteiger partial charge in [0.05, 0.1) is 11.2 Å². The van der Waals surface area contributed by atoms with Gasteiger partial charge in [-0.05, 0) is 86.0 Å². The third kappa shape index (κ3) is 6.96. The smallest absolute Gasteiger partial charge is 0.255 e. The summed E-state index contributed by atoms with van der Waals surface area (Å²) in [5.74, 6) is 0.619. The fourth-order valence-corrected chi connectivity index (χ4v) is 5.07. The lowest BCUT2D eigenvalue weighted by Crippen LogP contribution is -2.12. The summed E-state index contributed by atoms with van der Waals surface area (Å²) in [4.78, 5) is 27.0. The molecule has 2 aromatic heterocycles. The lowest BCUT2D eigenvalue weighted by molar-refractivity contribution is 0.102. The highest BCUT2D eigenvalue weighted by Gasteiger charge is 2.15. The van der Waals surface area contributed by atoms with Gasteiger partial charge in [0.1, 0.15) is 18.2 Å². The minimum absolute atomic E-state index is 0.194. The second-order valence-corrected chi connectivity index (χ2v) is 11.1. The Bertz CT molecular complexity index is 2000. The first-order chi connectivity index (χ1) is 21.8. The Morgan fingerprint density at radius 2 is 1.73 bits per heavy atom. The van der Waals surface area contributed by atoms with Crippen molar-refractivity contribution in [3.8, 4) is 28.1 Å². The maximum Gasteiger partial charge on any atom is 0.255 e. The number of anilines is 2. The van der Waals surface area contributed by atoms with E-state index in [1.165, 1.54) is 12.1 Å². The van der Waals surface area contributed by atoms with Crippen molar-refractivity contribution in [2.24, 2.45) is 0 Å². The summed E-state index contributed by atoms with van der Waals surface area (Å²) >= 11 is 0. The number of hydrogen-bond donors (Lipinski definition) is 2. The van der Waals surface area contributed by atoms with Crippen molar-refractivity contribution in [1.29, 1.82) is 0 Å². The van der Waals surface area contributed by atoms with Gasteiger partial charge in [-0.1, -0.05) is 42.5 Å². The van der Waals surface area contributed by atoms with Gasteiger partial charge >= 0.3 is 0 Å². The molecule has 0 aliphatic rings. The summed E-state index contributed by atoms with van der Waals surface area (Å²) in [5, 5.41) is 7.13. The number of rotatable bonds is 9. The fraction of sp³-hybridized carbons (Fsp3) is 0.135. The molecule has 45 heavy (non-hydrogen) atoms. The quantitative estimate of drug-likeness (QED) is 0.174. The van der Waals surface area contributed by atoms with E-state index in [2.05, 4.69) is 20.6 Å². The monoisotopic (exact) mass is 597 g/mol. The highest BCUT2D eigenvalue weighted by molar-refractivity contribution is 6.05. The summed E-state index contributed by atoms with van der Waals surface area (Å²) in [6.45, 7) is 6.28. The van der Waals surface area contributed by atoms with E-state index in [0.717, 1.165) is 38.7 Å². The number of aryl methyl sites for hydroxylation is 1. The number of halogens is 1. The van der Waals surface area contributed by atoms with Gasteiger partial charge in [-0.2, -0.15) is 0 Å². The Kier molecular flexibility index (Phi) is 8.46. The van der Waals surface area contributed by atoms with E-state index in [1.807, 2.05) is 87.5 Å². The molecule has 224 valence electrons. The van der Waals surface area contributed by atoms with Crippen molar-refractivity contribution in [2.45, 2.75) is 33.4 Å². The van der Waals surface area contributed by atoms with Crippen LogP contribution in [0.3, 0.4) is 0 Å². The largest absolute Gasteiger partial charge is 0.488 e. The normalized spacial score (nSPS) is 11.0. The predicted octanol–water partition coefficient (Wildman–Crippen LogP) is 8.46. The average molecular weight is 598 g/mol. The van der Waals surface area contributed by atoms with E-state index in [9.17, 15) is 9.18 Å². The second-order valence-electron chi connectivity index (χ2n) is 11.1. The number of ether oxygens (including phenoxy) is 1. The first-order valence-corrected chi connectivity index (χ1v) is 14.7. The molecule has 2 N–H and O–H groups in total. The third-order valence-corrected chi connectivity index (χ3v) is 7.25. The van der Waals surface area contributed by atoms with Crippen LogP contribution in [0.2, 0.25) is 0 Å². The van der Waals surface area contributed by atoms with E-state index < -0.39 is 0 Å². The molecular weight excluding hydrogens is 565 g/mol. The van der Waals surface area contributed by atoms with Crippen LogP contribution in [0.5, 0.6) is 5.75 Å². The predicted molar refractivity (Wildman–Crippen MR) is 177 cm³/mol. The zero-order valence-corrected chi connectivity index (χ0v) is 25.2. The molecule has 0 atom stereocenters. The van der Waals surface area contributed by atoms with Crippen LogP contribution in [0.1, 0.15) is 35.3 Å². The lowest BCUT2D eigenvalue weighted by Gasteiger charge is -2.15. The summed E-state index contributed by atoms with van der Waals surface area (Å²) in [6.07, 6.45) is 3.38. The van der Waals surface area contributed by atoms with Crippen LogP contribution in [0.15, 0.2) is 109 Å². The molecule has 0 bridgehead atoms. The number of nitrogens with one attached hydrogen (secondary N) is 2. The Morgan fingerprint density at radius 3 is 2.53 bits per heavy atom. The maximum atomic E-state index is 13.6. The molecule has 1 amide bonds. The summed E-state index contributed by atoms with van der Waals surface area (Å²) in [5.41, 5.74) is 6.68. The zero-order chi connectivity index (χ0) is 31.3. The molecule has 0 aliphatic carbocycles. The average Bonchev–Trinajstić information content (AvgIpc) is 3.03. The molecule has 6 rings (SSSR count). The molecule has 0 spiro atoms. The van der Waals surface area contributed by atoms with Crippen molar-refractivity contribution in [2.75, 3.05) is 10.6 Å². The van der Waals surface area contributed by atoms with Crippen molar-refractivity contribution in [3.63, 3.8) is 0 Å². The molecule has 2 heterocycles. The number of nitrogens with zero attached hydrogens (tertiary/aromatic N) is 3. The number of benzene rings is 4. The maximum absolute atomic E-state index is 13.6. The van der Waals surface area contributed by atoms with Gasteiger partial charge in [0.15, 0.2) is 0 Å². The molecule has 7 nitrogen and oxygen atoms in total. The van der Waals surface area contributed by atoms with Crippen LogP contribution in [0, 0.1) is 12.7 Å². The standard InChI is InChI=1S/C37H32FN5O2/c1-23(2)41-37-40-21-28-18-32(35(20-33(28)43-37)45-22-25-8-5-4-6-9-25)26-10-7-11-30(17-26)42-36(44)27-14-15-39-34(19-27)31-13-12-29(38)16-24(31)3/h4-21,23H,22H2,1-3H3,(H,42,44)(H,40,41,43). The molecule has 0 fully saturated rings. The van der Waals surface area contributed by atoms with Gasteiger partial charge in [-0.3, -0.25) is 9.78 Å². The molecular formula is C37H32FN5O2. The summed E-state index contributed by atoms with van der Waals surface area (Å²) in [6, 6.07) is 29.6. The number of carbonyl (C=O) groups is 1. The molecule has 0 saturated carbocycles. The van der Waals surface area contributed by atoms with Gasteiger partial charge in [0.2, 0.25) is 5.95 Å². The number of fused-ring (bicyclic) bond motifs is 1. The Balaban J connectivity index is 1.31. The van der Waals surface area contributed by atoms with E-state index in [4.69, 9.17) is 9.72 Å². The van der Waals surface area contributed by atoms with E-state index in [1.54, 1.807) is 30.6 Å². The number of aromatic nitrogens is 3. The number of amides is 1. The lowest BCUT2D eigenvalue weighted by atomic mass is 10.0. The van der Waals surface area contributed by atoms with Gasteiger partial charge in [-0.25, -0.2) is 14.4 Å². The Morgan fingerprint density at radius 1 is 0.889 bits per heavy atom. The van der Waals surface area contributed by atoms with Crippen LogP contribution >= 0.6 is 0 Å². The van der Waals surface area contributed by atoms with Crippen molar-refractivity contribution in [3.05, 3.63) is 132 Å². The molecule has 0 aliphatic heterocycles. The van der Waals surface area contributed by atoms with Gasteiger partial charge in [-0.15, -0.1) is 0 Å². The van der Waals surface area contributed by atoms with E-state index in [0.29, 0.717) is 35.2 Å². The van der Waals surface area contributed by atoms with Crippen LogP contribution in [-0.2, 0) is 6.61 Å². The van der Waals surface area contributed by atoms with Gasteiger partial charge in [0.25, 0.3) is 5.91 Å². The van der Waals surface area contributed by atoms with Crippen LogP contribution < -0.4 is 15.4 Å². The van der Waals surface area contributed by atoms with Gasteiger partial charge < -0.3 is 15.4 Å². The highest BCUT2D eigenvalue weighted by atomic mass is 19.1. The third-order valence-electron chi connectivity index (χ3n) is 7.25. The molecule has 4 aromatic carbocycles. The van der Waals surface area contributed by atoms with Crippen LogP contribution in [-0.4, -0.2) is 26.9 Å². The highest BCUT2D eigenvalue weighted by Crippen LogP contribution is 2.36. The van der Waals surface area contributed by atoms with Gasteiger partial charge in [0, 0.05) is 52.3 Å². The van der Waals surface area contributed by atoms with Crippen molar-refractivity contribution in [1.82, 2.24) is 15.0 Å². The van der Waals surface area contributed by atoms with E-state index in [-0.39, 0.29) is 17.8 Å². The number of carbonyl (C=O) groups excluding carboxylic acids is 1. The number of pyridine rings is 1.